The normalized spacial score (nSPS) is 15.2. The molecule has 1 atom stereocenters. The molecule has 0 bridgehead atoms. The molecule has 29 heavy (non-hydrogen) atoms. The predicted molar refractivity (Wildman–Crippen MR) is 108 cm³/mol. The standard InChI is InChI=1S/C21H23N3O5/c1-14-21(27)24(17-6-4-5-7-18(17)29-14)13-20(26)23(2)12-19(25)22-15-8-10-16(28-3)11-9-15/h4-11,14H,12-13H2,1-3H3,(H,22,25)/t14-/m0/s1. The van der Waals surface area contributed by atoms with Crippen molar-refractivity contribution in [3.8, 4) is 11.5 Å². The van der Waals surface area contributed by atoms with E-state index >= 15 is 0 Å². The van der Waals surface area contributed by atoms with E-state index in [4.69, 9.17) is 9.47 Å². The summed E-state index contributed by atoms with van der Waals surface area (Å²) < 4.78 is 10.7. The van der Waals surface area contributed by atoms with Crippen LogP contribution < -0.4 is 19.7 Å². The van der Waals surface area contributed by atoms with Gasteiger partial charge in [-0.05, 0) is 43.3 Å². The number of carbonyl (C=O) groups is 3. The van der Waals surface area contributed by atoms with Crippen molar-refractivity contribution in [2.75, 3.05) is 37.5 Å². The molecular weight excluding hydrogens is 374 g/mol. The number of hydrogen-bond donors (Lipinski definition) is 1. The maximum Gasteiger partial charge on any atom is 0.268 e. The molecule has 8 nitrogen and oxygen atoms in total. The van der Waals surface area contributed by atoms with E-state index in [9.17, 15) is 14.4 Å². The Bertz CT molecular complexity index is 913. The highest BCUT2D eigenvalue weighted by Gasteiger charge is 2.33. The highest BCUT2D eigenvalue weighted by Crippen LogP contribution is 2.33. The Morgan fingerprint density at radius 1 is 1.17 bits per heavy atom. The fourth-order valence-corrected chi connectivity index (χ4v) is 2.96. The molecule has 3 amide bonds. The van der Waals surface area contributed by atoms with E-state index in [1.165, 1.54) is 16.8 Å². The van der Waals surface area contributed by atoms with E-state index in [0.717, 1.165) is 0 Å². The van der Waals surface area contributed by atoms with E-state index in [-0.39, 0.29) is 30.8 Å². The Morgan fingerprint density at radius 2 is 1.86 bits per heavy atom. The number of ether oxygens (including phenoxy) is 2. The molecule has 0 saturated carbocycles. The first-order chi connectivity index (χ1) is 13.9. The van der Waals surface area contributed by atoms with Gasteiger partial charge in [0.15, 0.2) is 6.10 Å². The second kappa shape index (κ2) is 8.64. The van der Waals surface area contributed by atoms with Gasteiger partial charge in [0.05, 0.1) is 19.3 Å². The van der Waals surface area contributed by atoms with Crippen molar-refractivity contribution in [2.45, 2.75) is 13.0 Å². The van der Waals surface area contributed by atoms with E-state index in [2.05, 4.69) is 5.32 Å². The monoisotopic (exact) mass is 397 g/mol. The van der Waals surface area contributed by atoms with Gasteiger partial charge in [-0.3, -0.25) is 19.3 Å². The topological polar surface area (TPSA) is 88.2 Å². The fraction of sp³-hybridized carbons (Fsp3) is 0.286. The van der Waals surface area contributed by atoms with Crippen LogP contribution in [0.25, 0.3) is 0 Å². The summed E-state index contributed by atoms with van der Waals surface area (Å²) in [6.07, 6.45) is -0.679. The lowest BCUT2D eigenvalue weighted by Crippen LogP contribution is -2.49. The summed E-state index contributed by atoms with van der Waals surface area (Å²) in [4.78, 5) is 40.1. The molecule has 0 spiro atoms. The number of methoxy groups -OCH3 is 1. The molecule has 1 aliphatic heterocycles. The minimum absolute atomic E-state index is 0.138. The van der Waals surface area contributed by atoms with Crippen LogP contribution in [0.1, 0.15) is 6.92 Å². The number of para-hydroxylation sites is 2. The zero-order valence-electron chi connectivity index (χ0n) is 16.5. The van der Waals surface area contributed by atoms with Crippen molar-refractivity contribution in [3.63, 3.8) is 0 Å². The average molecular weight is 397 g/mol. The molecule has 3 rings (SSSR count). The zero-order valence-corrected chi connectivity index (χ0v) is 16.5. The molecule has 8 heteroatoms. The van der Waals surface area contributed by atoms with Gasteiger partial charge >= 0.3 is 0 Å². The number of nitrogens with one attached hydrogen (secondary N) is 1. The minimum atomic E-state index is -0.679. The highest BCUT2D eigenvalue weighted by molar-refractivity contribution is 6.04. The Labute approximate surface area is 169 Å². The van der Waals surface area contributed by atoms with Gasteiger partial charge in [0.1, 0.15) is 18.0 Å². The van der Waals surface area contributed by atoms with Crippen LogP contribution in [0.3, 0.4) is 0 Å². The largest absolute Gasteiger partial charge is 0.497 e. The molecule has 0 aromatic heterocycles. The Hall–Kier alpha value is -3.55. The lowest BCUT2D eigenvalue weighted by Gasteiger charge is -2.33. The van der Waals surface area contributed by atoms with Crippen LogP contribution in [-0.2, 0) is 14.4 Å². The number of benzene rings is 2. The Balaban J connectivity index is 1.61. The molecule has 0 fully saturated rings. The van der Waals surface area contributed by atoms with Crippen molar-refractivity contribution in [1.29, 1.82) is 0 Å². The maximum atomic E-state index is 12.6. The van der Waals surface area contributed by atoms with Crippen LogP contribution >= 0.6 is 0 Å². The van der Waals surface area contributed by atoms with Gasteiger partial charge < -0.3 is 19.7 Å². The van der Waals surface area contributed by atoms with Crippen LogP contribution in [-0.4, -0.2) is 56.0 Å². The second-order valence-electron chi connectivity index (χ2n) is 6.68. The number of rotatable bonds is 6. The van der Waals surface area contributed by atoms with E-state index < -0.39 is 6.10 Å². The van der Waals surface area contributed by atoms with Gasteiger partial charge in [-0.15, -0.1) is 0 Å². The lowest BCUT2D eigenvalue weighted by atomic mass is 10.2. The van der Waals surface area contributed by atoms with Crippen LogP contribution in [0.5, 0.6) is 11.5 Å². The van der Waals surface area contributed by atoms with Gasteiger partial charge in [-0.2, -0.15) is 0 Å². The Morgan fingerprint density at radius 3 is 2.55 bits per heavy atom. The van der Waals surface area contributed by atoms with Crippen molar-refractivity contribution in [1.82, 2.24) is 4.90 Å². The number of fused-ring (bicyclic) bond motifs is 1. The summed E-state index contributed by atoms with van der Waals surface area (Å²) in [7, 11) is 3.09. The van der Waals surface area contributed by atoms with Gasteiger partial charge in [-0.25, -0.2) is 0 Å². The SMILES string of the molecule is COc1ccc(NC(=O)CN(C)C(=O)CN2C(=O)[C@H](C)Oc3ccccc32)cc1. The average Bonchev–Trinajstić information content (AvgIpc) is 2.71. The summed E-state index contributed by atoms with van der Waals surface area (Å²) in [5.41, 5.74) is 1.14. The number of carbonyl (C=O) groups excluding carboxylic acids is 3. The molecule has 1 heterocycles. The van der Waals surface area contributed by atoms with Crippen LogP contribution in [0.4, 0.5) is 11.4 Å². The van der Waals surface area contributed by atoms with Gasteiger partial charge in [-0.1, -0.05) is 12.1 Å². The zero-order chi connectivity index (χ0) is 21.0. The summed E-state index contributed by atoms with van der Waals surface area (Å²) in [5, 5.41) is 2.73. The van der Waals surface area contributed by atoms with Gasteiger partial charge in [0.2, 0.25) is 11.8 Å². The molecule has 1 N–H and O–H groups in total. The molecule has 0 saturated heterocycles. The summed E-state index contributed by atoms with van der Waals surface area (Å²) in [6, 6.07) is 13.9. The fourth-order valence-electron chi connectivity index (χ4n) is 2.96. The van der Waals surface area contributed by atoms with Crippen molar-refractivity contribution < 1.29 is 23.9 Å². The van der Waals surface area contributed by atoms with Crippen molar-refractivity contribution >= 4 is 29.1 Å². The molecule has 0 radical (unpaired) electrons. The number of anilines is 2. The third-order valence-electron chi connectivity index (χ3n) is 4.55. The number of nitrogens with zero attached hydrogens (tertiary/aromatic N) is 2. The van der Waals surface area contributed by atoms with Gasteiger partial charge in [0, 0.05) is 12.7 Å². The minimum Gasteiger partial charge on any atom is -0.497 e. The first-order valence-corrected chi connectivity index (χ1v) is 9.14. The van der Waals surface area contributed by atoms with Crippen molar-refractivity contribution in [3.05, 3.63) is 48.5 Å². The van der Waals surface area contributed by atoms with Crippen LogP contribution in [0.2, 0.25) is 0 Å². The van der Waals surface area contributed by atoms with Gasteiger partial charge in [0.25, 0.3) is 5.91 Å². The predicted octanol–water partition coefficient (Wildman–Crippen LogP) is 1.91. The Kier molecular flexibility index (Phi) is 6.01. The molecular formula is C21H23N3O5. The molecule has 152 valence electrons. The van der Waals surface area contributed by atoms with Crippen LogP contribution in [0, 0.1) is 0 Å². The van der Waals surface area contributed by atoms with E-state index in [1.54, 1.807) is 62.6 Å². The number of likely N-dealkylation sites (N-methyl/N-ethyl adjacent to an activating group) is 1. The maximum absolute atomic E-state index is 12.6. The molecule has 0 aliphatic carbocycles. The quantitative estimate of drug-likeness (QED) is 0.804. The first-order valence-electron chi connectivity index (χ1n) is 9.14. The molecule has 2 aromatic carbocycles. The summed E-state index contributed by atoms with van der Waals surface area (Å²) in [6.45, 7) is 1.33. The lowest BCUT2D eigenvalue weighted by molar-refractivity contribution is -0.134. The number of amides is 3. The highest BCUT2D eigenvalue weighted by atomic mass is 16.5. The van der Waals surface area contributed by atoms with Crippen molar-refractivity contribution in [2.24, 2.45) is 0 Å². The summed E-state index contributed by atoms with van der Waals surface area (Å²) >= 11 is 0. The molecule has 2 aromatic rings. The third-order valence-corrected chi connectivity index (χ3v) is 4.55. The first kappa shape index (κ1) is 20.2. The van der Waals surface area contributed by atoms with E-state index in [1.807, 2.05) is 0 Å². The molecule has 0 unspecified atom stereocenters. The van der Waals surface area contributed by atoms with E-state index in [0.29, 0.717) is 22.9 Å². The number of hydrogen-bond acceptors (Lipinski definition) is 5. The third kappa shape index (κ3) is 4.66. The van der Waals surface area contributed by atoms with Crippen LogP contribution in [0.15, 0.2) is 48.5 Å². The second-order valence-corrected chi connectivity index (χ2v) is 6.68. The summed E-state index contributed by atoms with van der Waals surface area (Å²) in [5.74, 6) is 0.237. The molecule has 1 aliphatic rings. The smallest absolute Gasteiger partial charge is 0.268 e.